The van der Waals surface area contributed by atoms with Crippen LogP contribution in [-0.2, 0) is 4.74 Å². The second-order valence-electron chi connectivity index (χ2n) is 5.69. The zero-order chi connectivity index (χ0) is 17.9. The number of hydrogen-bond acceptors (Lipinski definition) is 5. The number of carbonyl (C=O) groups excluding carboxylic acids is 1. The maximum absolute atomic E-state index is 11.9. The van der Waals surface area contributed by atoms with Crippen molar-refractivity contribution in [1.29, 1.82) is 0 Å². The summed E-state index contributed by atoms with van der Waals surface area (Å²) < 4.78 is 6.75. The molecule has 0 fully saturated rings. The predicted octanol–water partition coefficient (Wildman–Crippen LogP) is 3.66. The molecule has 2 aromatic heterocycles. The minimum atomic E-state index is -0.345. The molecule has 0 unspecified atom stereocenters. The van der Waals surface area contributed by atoms with E-state index in [0.717, 1.165) is 28.0 Å². The summed E-state index contributed by atoms with van der Waals surface area (Å²) in [6, 6.07) is 14.9. The average molecular weight is 344 g/mol. The third kappa shape index (κ3) is 3.04. The number of carbonyl (C=O) groups is 1. The number of hydrogen-bond donors (Lipinski definition) is 0. The topological polar surface area (TPSA) is 69.9 Å². The van der Waals surface area contributed by atoms with Gasteiger partial charge in [0.15, 0.2) is 0 Å². The fourth-order valence-corrected chi connectivity index (χ4v) is 2.68. The Bertz CT molecular complexity index is 1090. The fourth-order valence-electron chi connectivity index (χ4n) is 2.68. The minimum absolute atomic E-state index is 0.343. The van der Waals surface area contributed by atoms with Crippen molar-refractivity contribution in [3.05, 3.63) is 72.7 Å². The van der Waals surface area contributed by atoms with Crippen LogP contribution in [0.25, 0.3) is 28.0 Å². The molecule has 0 amide bonds. The van der Waals surface area contributed by atoms with Gasteiger partial charge in [0.2, 0.25) is 0 Å². The van der Waals surface area contributed by atoms with Gasteiger partial charge >= 0.3 is 5.97 Å². The van der Waals surface area contributed by atoms with Gasteiger partial charge in [-0.25, -0.2) is 14.5 Å². The van der Waals surface area contributed by atoms with Crippen molar-refractivity contribution in [2.45, 2.75) is 6.92 Å². The highest BCUT2D eigenvalue weighted by atomic mass is 16.5. The molecule has 6 heteroatoms. The lowest BCUT2D eigenvalue weighted by atomic mass is 10.2. The van der Waals surface area contributed by atoms with Crippen LogP contribution in [0.2, 0.25) is 0 Å². The highest BCUT2D eigenvalue weighted by Gasteiger charge is 2.10. The second-order valence-corrected chi connectivity index (χ2v) is 5.69. The Balaban J connectivity index is 1.67. The molecule has 0 aliphatic heterocycles. The monoisotopic (exact) mass is 344 g/mol. The molecule has 0 aliphatic rings. The molecule has 26 heavy (non-hydrogen) atoms. The van der Waals surface area contributed by atoms with E-state index in [1.807, 2.05) is 36.5 Å². The SMILES string of the molecule is CCOC(=O)c1cccc(-n2cc(-c3cnc4ccccc4n3)cn2)c1. The normalized spacial score (nSPS) is 10.8. The van der Waals surface area contributed by atoms with Crippen LogP contribution in [-0.4, -0.2) is 32.3 Å². The van der Waals surface area contributed by atoms with Crippen LogP contribution in [0.3, 0.4) is 0 Å². The van der Waals surface area contributed by atoms with Gasteiger partial charge in [-0.05, 0) is 37.3 Å². The van der Waals surface area contributed by atoms with Gasteiger partial charge in [-0.3, -0.25) is 4.98 Å². The summed E-state index contributed by atoms with van der Waals surface area (Å²) >= 11 is 0. The van der Waals surface area contributed by atoms with Crippen molar-refractivity contribution in [3.63, 3.8) is 0 Å². The molecule has 4 aromatic rings. The number of esters is 1. The number of benzene rings is 2. The van der Waals surface area contributed by atoms with Gasteiger partial charge in [-0.15, -0.1) is 0 Å². The third-order valence-electron chi connectivity index (χ3n) is 3.95. The minimum Gasteiger partial charge on any atom is -0.462 e. The Morgan fingerprint density at radius 1 is 1.08 bits per heavy atom. The second kappa shape index (κ2) is 6.76. The number of fused-ring (bicyclic) bond motifs is 1. The van der Waals surface area contributed by atoms with Crippen molar-refractivity contribution in [2.24, 2.45) is 0 Å². The van der Waals surface area contributed by atoms with Crippen LogP contribution in [0.15, 0.2) is 67.1 Å². The van der Waals surface area contributed by atoms with Gasteiger partial charge in [-0.2, -0.15) is 5.10 Å². The molecule has 6 nitrogen and oxygen atoms in total. The van der Waals surface area contributed by atoms with E-state index >= 15 is 0 Å². The summed E-state index contributed by atoms with van der Waals surface area (Å²) in [5, 5.41) is 4.39. The zero-order valence-corrected chi connectivity index (χ0v) is 14.2. The van der Waals surface area contributed by atoms with Crippen molar-refractivity contribution in [3.8, 4) is 16.9 Å². The first-order valence-corrected chi connectivity index (χ1v) is 8.29. The molecule has 0 radical (unpaired) electrons. The van der Waals surface area contributed by atoms with Crippen molar-refractivity contribution in [2.75, 3.05) is 6.61 Å². The van der Waals surface area contributed by atoms with E-state index in [1.54, 1.807) is 42.2 Å². The number of ether oxygens (including phenoxy) is 1. The molecule has 0 spiro atoms. The van der Waals surface area contributed by atoms with E-state index < -0.39 is 0 Å². The Hall–Kier alpha value is -3.54. The van der Waals surface area contributed by atoms with E-state index in [1.165, 1.54) is 0 Å². The molecule has 128 valence electrons. The van der Waals surface area contributed by atoms with E-state index in [9.17, 15) is 4.79 Å². The molecule has 0 bridgehead atoms. The van der Waals surface area contributed by atoms with Gasteiger partial charge in [0.25, 0.3) is 0 Å². The van der Waals surface area contributed by atoms with Crippen LogP contribution < -0.4 is 0 Å². The predicted molar refractivity (Wildman–Crippen MR) is 98.1 cm³/mol. The first kappa shape index (κ1) is 16.0. The average Bonchev–Trinajstić information content (AvgIpc) is 3.18. The quantitative estimate of drug-likeness (QED) is 0.528. The summed E-state index contributed by atoms with van der Waals surface area (Å²) in [4.78, 5) is 21.0. The van der Waals surface area contributed by atoms with Crippen molar-refractivity contribution >= 4 is 17.0 Å². The van der Waals surface area contributed by atoms with E-state index in [-0.39, 0.29) is 5.97 Å². The van der Waals surface area contributed by atoms with E-state index in [4.69, 9.17) is 4.74 Å². The molecule has 2 heterocycles. The Kier molecular flexibility index (Phi) is 4.15. The maximum atomic E-state index is 11.9. The first-order valence-electron chi connectivity index (χ1n) is 8.29. The van der Waals surface area contributed by atoms with Crippen LogP contribution in [0.4, 0.5) is 0 Å². The smallest absolute Gasteiger partial charge is 0.338 e. The van der Waals surface area contributed by atoms with Crippen LogP contribution in [0.5, 0.6) is 0 Å². The zero-order valence-electron chi connectivity index (χ0n) is 14.2. The molecule has 0 aliphatic carbocycles. The molecule has 2 aromatic carbocycles. The molecular weight excluding hydrogens is 328 g/mol. The lowest BCUT2D eigenvalue weighted by Gasteiger charge is -2.05. The Morgan fingerprint density at radius 3 is 2.77 bits per heavy atom. The number of para-hydroxylation sites is 2. The molecule has 0 N–H and O–H groups in total. The van der Waals surface area contributed by atoms with Crippen LogP contribution in [0, 0.1) is 0 Å². The maximum Gasteiger partial charge on any atom is 0.338 e. The van der Waals surface area contributed by atoms with Crippen LogP contribution >= 0.6 is 0 Å². The summed E-state index contributed by atoms with van der Waals surface area (Å²) in [5.41, 5.74) is 4.55. The van der Waals surface area contributed by atoms with Crippen molar-refractivity contribution < 1.29 is 9.53 Å². The lowest BCUT2D eigenvalue weighted by Crippen LogP contribution is -2.05. The first-order chi connectivity index (χ1) is 12.7. The van der Waals surface area contributed by atoms with E-state index in [2.05, 4.69) is 15.1 Å². The Morgan fingerprint density at radius 2 is 1.92 bits per heavy atom. The van der Waals surface area contributed by atoms with Gasteiger partial charge in [0.1, 0.15) is 0 Å². The van der Waals surface area contributed by atoms with Crippen LogP contribution in [0.1, 0.15) is 17.3 Å². The highest BCUT2D eigenvalue weighted by molar-refractivity contribution is 5.90. The molecule has 0 saturated carbocycles. The number of nitrogens with zero attached hydrogens (tertiary/aromatic N) is 4. The van der Waals surface area contributed by atoms with Gasteiger partial charge in [0.05, 0.1) is 47.0 Å². The van der Waals surface area contributed by atoms with Crippen molar-refractivity contribution in [1.82, 2.24) is 19.7 Å². The number of rotatable bonds is 4. The largest absolute Gasteiger partial charge is 0.462 e. The highest BCUT2D eigenvalue weighted by Crippen LogP contribution is 2.20. The van der Waals surface area contributed by atoms with Gasteiger partial charge in [0, 0.05) is 11.8 Å². The standard InChI is InChI=1S/C20H16N4O2/c1-2-26-20(25)14-6-5-7-16(10-14)24-13-15(11-22-24)19-12-21-17-8-3-4-9-18(17)23-19/h3-13H,2H2,1H3. The summed E-state index contributed by atoms with van der Waals surface area (Å²) in [5.74, 6) is -0.345. The third-order valence-corrected chi connectivity index (χ3v) is 3.95. The van der Waals surface area contributed by atoms with E-state index in [0.29, 0.717) is 12.2 Å². The fraction of sp³-hybridized carbons (Fsp3) is 0.100. The summed E-state index contributed by atoms with van der Waals surface area (Å²) in [6.07, 6.45) is 5.33. The molecule has 4 rings (SSSR count). The summed E-state index contributed by atoms with van der Waals surface area (Å²) in [7, 11) is 0. The molecular formula is C20H16N4O2. The lowest BCUT2D eigenvalue weighted by molar-refractivity contribution is 0.0526. The Labute approximate surface area is 150 Å². The van der Waals surface area contributed by atoms with Gasteiger partial charge in [-0.1, -0.05) is 18.2 Å². The number of aromatic nitrogens is 4. The summed E-state index contributed by atoms with van der Waals surface area (Å²) in [6.45, 7) is 2.13. The molecule has 0 saturated heterocycles. The molecule has 0 atom stereocenters. The van der Waals surface area contributed by atoms with Gasteiger partial charge < -0.3 is 4.74 Å².